The van der Waals surface area contributed by atoms with Crippen molar-refractivity contribution in [2.45, 2.75) is 6.42 Å². The third kappa shape index (κ3) is 4.60. The summed E-state index contributed by atoms with van der Waals surface area (Å²) in [6.45, 7) is 0. The molecule has 0 radical (unpaired) electrons. The zero-order valence-corrected chi connectivity index (χ0v) is 19.2. The van der Waals surface area contributed by atoms with Gasteiger partial charge in [-0.25, -0.2) is 4.39 Å². The summed E-state index contributed by atoms with van der Waals surface area (Å²) in [6, 6.07) is 17.8. The standard InChI is InChI=1S/C25H13Cl2FN4O3/c26-16-8-13(12-29)9-17(11-16)34-24-19(27)6-4-15(22(24)28)10-21-31-32-25(35-21)18-3-1-2-14-5-7-20(33)30-23(14)18/h1-9,11H,10H2,(H,30,33). The predicted molar refractivity (Wildman–Crippen MR) is 128 cm³/mol. The Morgan fingerprint density at radius 3 is 2.77 bits per heavy atom. The van der Waals surface area contributed by atoms with Gasteiger partial charge in [-0.1, -0.05) is 41.4 Å². The van der Waals surface area contributed by atoms with E-state index in [0.717, 1.165) is 5.39 Å². The second-order valence-corrected chi connectivity index (χ2v) is 8.35. The molecule has 35 heavy (non-hydrogen) atoms. The van der Waals surface area contributed by atoms with Crippen LogP contribution in [0.3, 0.4) is 0 Å². The number of H-pyrrole nitrogens is 1. The van der Waals surface area contributed by atoms with E-state index in [1.807, 2.05) is 12.1 Å². The van der Waals surface area contributed by atoms with Gasteiger partial charge in [-0.05, 0) is 41.8 Å². The Hall–Kier alpha value is -4.19. The fraction of sp³-hybridized carbons (Fsp3) is 0.0400. The monoisotopic (exact) mass is 506 g/mol. The van der Waals surface area contributed by atoms with E-state index in [4.69, 9.17) is 37.6 Å². The highest BCUT2D eigenvalue weighted by Gasteiger charge is 2.19. The number of aromatic nitrogens is 3. The van der Waals surface area contributed by atoms with Gasteiger partial charge < -0.3 is 14.1 Å². The molecule has 0 bridgehead atoms. The van der Waals surface area contributed by atoms with E-state index in [1.165, 1.54) is 36.4 Å². The summed E-state index contributed by atoms with van der Waals surface area (Å²) in [4.78, 5) is 14.6. The number of hydrogen-bond acceptors (Lipinski definition) is 6. The van der Waals surface area contributed by atoms with Gasteiger partial charge in [0.1, 0.15) is 5.75 Å². The average Bonchev–Trinajstić information content (AvgIpc) is 3.31. The van der Waals surface area contributed by atoms with Crippen molar-refractivity contribution in [3.05, 3.63) is 104 Å². The number of para-hydroxylation sites is 1. The molecule has 0 saturated heterocycles. The first-order chi connectivity index (χ1) is 16.9. The van der Waals surface area contributed by atoms with E-state index in [-0.39, 0.29) is 56.4 Å². The molecule has 2 heterocycles. The van der Waals surface area contributed by atoms with Crippen LogP contribution in [0, 0.1) is 17.1 Å². The van der Waals surface area contributed by atoms with E-state index >= 15 is 4.39 Å². The molecule has 5 rings (SSSR count). The van der Waals surface area contributed by atoms with Gasteiger partial charge in [0.15, 0.2) is 11.6 Å². The van der Waals surface area contributed by atoms with Crippen LogP contribution in [0.25, 0.3) is 22.4 Å². The van der Waals surface area contributed by atoms with Crippen LogP contribution in [0.1, 0.15) is 17.0 Å². The van der Waals surface area contributed by atoms with E-state index in [0.29, 0.717) is 11.1 Å². The van der Waals surface area contributed by atoms with Crippen LogP contribution in [0.2, 0.25) is 10.0 Å². The second-order valence-electron chi connectivity index (χ2n) is 7.51. The van der Waals surface area contributed by atoms with Gasteiger partial charge in [0.25, 0.3) is 0 Å². The fourth-order valence-corrected chi connectivity index (χ4v) is 3.97. The molecule has 5 aromatic rings. The lowest BCUT2D eigenvalue weighted by atomic mass is 10.1. The summed E-state index contributed by atoms with van der Waals surface area (Å²) in [7, 11) is 0. The molecule has 0 unspecified atom stereocenters. The Labute approximate surface area is 207 Å². The van der Waals surface area contributed by atoms with E-state index in [9.17, 15) is 4.79 Å². The highest BCUT2D eigenvalue weighted by molar-refractivity contribution is 6.32. The molecule has 0 fully saturated rings. The molecule has 1 N–H and O–H groups in total. The van der Waals surface area contributed by atoms with Crippen LogP contribution < -0.4 is 10.3 Å². The molecule has 0 saturated carbocycles. The molecule has 0 spiro atoms. The van der Waals surface area contributed by atoms with Crippen molar-refractivity contribution in [3.63, 3.8) is 0 Å². The summed E-state index contributed by atoms with van der Waals surface area (Å²) in [6.07, 6.45) is -0.0351. The molecule has 2 aromatic heterocycles. The van der Waals surface area contributed by atoms with Crippen LogP contribution in [0.15, 0.2) is 69.9 Å². The topological polar surface area (TPSA) is 105 Å². The van der Waals surface area contributed by atoms with Gasteiger partial charge in [-0.3, -0.25) is 4.79 Å². The second kappa shape index (κ2) is 9.22. The minimum absolute atomic E-state index is 0.0351. The van der Waals surface area contributed by atoms with Crippen LogP contribution in [-0.4, -0.2) is 15.2 Å². The molecule has 0 amide bonds. The molecular formula is C25H13Cl2FN4O3. The number of nitriles is 1. The Balaban J connectivity index is 1.46. The Bertz CT molecular complexity index is 1690. The normalized spacial score (nSPS) is 10.9. The lowest BCUT2D eigenvalue weighted by Gasteiger charge is -2.12. The maximum absolute atomic E-state index is 15.3. The van der Waals surface area contributed by atoms with Crippen LogP contribution >= 0.6 is 23.2 Å². The molecule has 7 nitrogen and oxygen atoms in total. The Morgan fingerprint density at radius 1 is 1.09 bits per heavy atom. The minimum Gasteiger partial charge on any atom is -0.453 e. The molecule has 3 aromatic carbocycles. The number of aromatic amines is 1. The van der Waals surface area contributed by atoms with Crippen molar-refractivity contribution in [3.8, 4) is 29.0 Å². The molecule has 10 heteroatoms. The van der Waals surface area contributed by atoms with Gasteiger partial charge in [-0.2, -0.15) is 5.26 Å². The number of halogens is 3. The maximum Gasteiger partial charge on any atom is 0.249 e. The number of rotatable bonds is 5. The summed E-state index contributed by atoms with van der Waals surface area (Å²) in [5.41, 5.74) is 1.31. The SMILES string of the molecule is N#Cc1cc(Cl)cc(Oc2c(Cl)ccc(Cc3nnc(-c4cccc5ccc(=O)[nH]c45)o3)c2F)c1. The number of ether oxygens (including phenoxy) is 1. The predicted octanol–water partition coefficient (Wildman–Crippen LogP) is 6.28. The number of hydrogen-bond donors (Lipinski definition) is 1. The average molecular weight is 507 g/mol. The Kier molecular flexibility index (Phi) is 5.95. The smallest absolute Gasteiger partial charge is 0.249 e. The largest absolute Gasteiger partial charge is 0.453 e. The highest BCUT2D eigenvalue weighted by Crippen LogP contribution is 2.36. The lowest BCUT2D eigenvalue weighted by molar-refractivity contribution is 0.437. The van der Waals surface area contributed by atoms with E-state index in [1.54, 1.807) is 18.2 Å². The van der Waals surface area contributed by atoms with Crippen molar-refractivity contribution >= 4 is 34.1 Å². The van der Waals surface area contributed by atoms with Gasteiger partial charge in [-0.15, -0.1) is 10.2 Å². The van der Waals surface area contributed by atoms with Gasteiger partial charge >= 0.3 is 0 Å². The molecule has 0 aliphatic rings. The van der Waals surface area contributed by atoms with Gasteiger partial charge in [0.2, 0.25) is 17.3 Å². The number of nitrogens with one attached hydrogen (secondary N) is 1. The van der Waals surface area contributed by atoms with Crippen LogP contribution in [0.4, 0.5) is 4.39 Å². The van der Waals surface area contributed by atoms with Gasteiger partial charge in [0, 0.05) is 16.7 Å². The zero-order valence-electron chi connectivity index (χ0n) is 17.7. The maximum atomic E-state index is 15.3. The summed E-state index contributed by atoms with van der Waals surface area (Å²) in [5, 5.41) is 18.3. The zero-order chi connectivity index (χ0) is 24.5. The summed E-state index contributed by atoms with van der Waals surface area (Å²) < 4.78 is 26.7. The third-order valence-corrected chi connectivity index (χ3v) is 5.66. The van der Waals surface area contributed by atoms with Crippen molar-refractivity contribution < 1.29 is 13.5 Å². The van der Waals surface area contributed by atoms with Gasteiger partial charge in [0.05, 0.1) is 34.2 Å². The fourth-order valence-electron chi connectivity index (χ4n) is 3.56. The minimum atomic E-state index is -0.717. The first-order valence-corrected chi connectivity index (χ1v) is 11.0. The van der Waals surface area contributed by atoms with Crippen LogP contribution in [-0.2, 0) is 6.42 Å². The molecular weight excluding hydrogens is 494 g/mol. The highest BCUT2D eigenvalue weighted by atomic mass is 35.5. The first kappa shape index (κ1) is 22.6. The van der Waals surface area contributed by atoms with Crippen molar-refractivity contribution in [2.75, 3.05) is 0 Å². The molecule has 0 aliphatic carbocycles. The van der Waals surface area contributed by atoms with Crippen molar-refractivity contribution in [1.29, 1.82) is 5.26 Å². The third-order valence-electron chi connectivity index (χ3n) is 5.15. The van der Waals surface area contributed by atoms with Crippen molar-refractivity contribution in [1.82, 2.24) is 15.2 Å². The Morgan fingerprint density at radius 2 is 1.94 bits per heavy atom. The number of benzene rings is 3. The van der Waals surface area contributed by atoms with E-state index in [2.05, 4.69) is 15.2 Å². The molecule has 0 atom stereocenters. The summed E-state index contributed by atoms with van der Waals surface area (Å²) >= 11 is 12.2. The number of pyridine rings is 1. The number of nitrogens with zero attached hydrogens (tertiary/aromatic N) is 3. The van der Waals surface area contributed by atoms with E-state index < -0.39 is 5.82 Å². The molecule has 172 valence electrons. The molecule has 0 aliphatic heterocycles. The van der Waals surface area contributed by atoms with Crippen LogP contribution in [0.5, 0.6) is 11.5 Å². The number of fused-ring (bicyclic) bond motifs is 1. The quantitative estimate of drug-likeness (QED) is 0.300. The lowest BCUT2D eigenvalue weighted by Crippen LogP contribution is -2.03. The summed E-state index contributed by atoms with van der Waals surface area (Å²) in [5.74, 6) is -0.442. The first-order valence-electron chi connectivity index (χ1n) is 10.2. The van der Waals surface area contributed by atoms with Crippen molar-refractivity contribution in [2.24, 2.45) is 0 Å².